The molecule has 2 saturated carbocycles. The Morgan fingerprint density at radius 1 is 0.750 bits per heavy atom. The standard InChI is InChI=1S/C27H37NO3.C10H20O.C7H7BO3.C7H7BrO.C3H7NO2/c1-19-14-22(21-7-5-6-20(16-21)18-28-13-12-26(29)30)17-25(15-19)31-24-10-8-23(9-11-24)27(2,3)4;1-10(2,3)8-4-6-9(11)7-5-8;9-5-6-2-1-3-7(4-6)8(10)11;1-5-2-6(8)4-7(9)3-5;4-2-1-3(5)6/h5-7,14-17,23-24,28H,8-13,18H2,1-4H3,(H,29,30);8-9,11H,4-7H2,1-3H3;1-5,10-11H;2-4,9H,1H3;1-2,4H2,(H,5,6). The number of carbonyl (C=O) groups excluding carboxylic acids is 1. The first-order chi connectivity index (χ1) is 31.9. The molecule has 0 radical (unpaired) electrons. The van der Waals surface area contributed by atoms with Crippen molar-refractivity contribution in [1.82, 2.24) is 5.32 Å². The summed E-state index contributed by atoms with van der Waals surface area (Å²) in [6, 6.07) is 26.4. The molecule has 0 aliphatic heterocycles. The average molecular weight is 1010 g/mol. The van der Waals surface area contributed by atoms with Crippen LogP contribution in [0.2, 0.25) is 0 Å². The number of aryl methyl sites for hydroxylation is 2. The number of carboxylic acid groups (broad SMARTS) is 2. The van der Waals surface area contributed by atoms with Gasteiger partial charge in [0.05, 0.1) is 25.0 Å². The summed E-state index contributed by atoms with van der Waals surface area (Å²) in [5.41, 5.74) is 12.2. The molecule has 0 saturated heterocycles. The lowest BCUT2D eigenvalue weighted by Gasteiger charge is -2.37. The van der Waals surface area contributed by atoms with Crippen LogP contribution in [-0.4, -0.2) is 81.1 Å². The van der Waals surface area contributed by atoms with Gasteiger partial charge in [0.1, 0.15) is 17.8 Å². The number of hydrogen-bond donors (Lipinski definition) is 8. The van der Waals surface area contributed by atoms with Crippen molar-refractivity contribution in [3.8, 4) is 22.6 Å². The van der Waals surface area contributed by atoms with Gasteiger partial charge in [-0.15, -0.1) is 0 Å². The summed E-state index contributed by atoms with van der Waals surface area (Å²) in [6.45, 7) is 19.4. The van der Waals surface area contributed by atoms with Crippen LogP contribution < -0.4 is 21.3 Å². The van der Waals surface area contributed by atoms with Gasteiger partial charge in [-0.25, -0.2) is 0 Å². The third-order valence-electron chi connectivity index (χ3n) is 12.0. The van der Waals surface area contributed by atoms with Gasteiger partial charge in [-0.2, -0.15) is 0 Å². The second-order valence-electron chi connectivity index (χ2n) is 20.0. The van der Waals surface area contributed by atoms with Crippen molar-refractivity contribution in [2.45, 2.75) is 138 Å². The monoisotopic (exact) mass is 1000 g/mol. The van der Waals surface area contributed by atoms with Crippen LogP contribution in [0.3, 0.4) is 0 Å². The van der Waals surface area contributed by atoms with Gasteiger partial charge in [0.15, 0.2) is 0 Å². The second kappa shape index (κ2) is 30.1. The molecule has 12 nitrogen and oxygen atoms in total. The van der Waals surface area contributed by atoms with Gasteiger partial charge in [0.25, 0.3) is 0 Å². The fourth-order valence-electron chi connectivity index (χ4n) is 8.09. The number of carbonyl (C=O) groups is 3. The molecule has 0 heterocycles. The highest BCUT2D eigenvalue weighted by molar-refractivity contribution is 9.10. The molecule has 4 aromatic rings. The minimum Gasteiger partial charge on any atom is -0.508 e. The summed E-state index contributed by atoms with van der Waals surface area (Å²) < 4.78 is 7.34. The lowest BCUT2D eigenvalue weighted by atomic mass is 9.72. The number of benzene rings is 4. The van der Waals surface area contributed by atoms with Crippen molar-refractivity contribution in [1.29, 1.82) is 0 Å². The lowest BCUT2D eigenvalue weighted by Crippen LogP contribution is -2.30. The van der Waals surface area contributed by atoms with Crippen LogP contribution in [0.1, 0.15) is 133 Å². The molecule has 374 valence electrons. The molecular weight excluding hydrogens is 927 g/mol. The van der Waals surface area contributed by atoms with E-state index in [1.54, 1.807) is 24.3 Å². The molecular formula is C54H78BBrN2O10. The Bertz CT molecular complexity index is 2070. The van der Waals surface area contributed by atoms with E-state index in [1.165, 1.54) is 43.4 Å². The van der Waals surface area contributed by atoms with E-state index in [1.807, 2.05) is 13.0 Å². The number of rotatable bonds is 12. The van der Waals surface area contributed by atoms with Crippen molar-refractivity contribution in [3.05, 3.63) is 112 Å². The maximum absolute atomic E-state index is 10.7. The van der Waals surface area contributed by atoms with Crippen LogP contribution in [0, 0.1) is 36.5 Å². The number of aldehydes is 1. The predicted octanol–water partition coefficient (Wildman–Crippen LogP) is 9.86. The molecule has 6 rings (SSSR count). The number of aliphatic carboxylic acids is 2. The third-order valence-corrected chi connectivity index (χ3v) is 12.5. The predicted molar refractivity (Wildman–Crippen MR) is 277 cm³/mol. The molecule has 0 bridgehead atoms. The molecule has 0 unspecified atom stereocenters. The SMILES string of the molecule is CC(C)(C)C1CCC(O)CC1.Cc1cc(O)cc(Br)c1.Cc1cc(OC2CCC(C(C)(C)C)CC2)cc(-c2cccc(CNCCC(=O)O)c2)c1.NCCC(=O)O.O=Cc1cccc(B(O)O)c1. The number of aliphatic hydroxyl groups excluding tert-OH is 1. The summed E-state index contributed by atoms with van der Waals surface area (Å²) in [7, 11) is -1.50. The Kier molecular flexibility index (Phi) is 26.4. The van der Waals surface area contributed by atoms with E-state index >= 15 is 0 Å². The number of hydrogen-bond acceptors (Lipinski definition) is 10. The van der Waals surface area contributed by atoms with Crippen molar-refractivity contribution in [2.24, 2.45) is 28.4 Å². The van der Waals surface area contributed by atoms with Crippen LogP contribution in [0.15, 0.2) is 89.4 Å². The highest BCUT2D eigenvalue weighted by Crippen LogP contribution is 2.40. The van der Waals surface area contributed by atoms with Gasteiger partial charge in [0.2, 0.25) is 0 Å². The molecule has 9 N–H and O–H groups in total. The van der Waals surface area contributed by atoms with Crippen molar-refractivity contribution >= 4 is 46.7 Å². The van der Waals surface area contributed by atoms with Crippen LogP contribution in [-0.2, 0) is 16.1 Å². The van der Waals surface area contributed by atoms with Crippen molar-refractivity contribution in [3.63, 3.8) is 0 Å². The van der Waals surface area contributed by atoms with Gasteiger partial charge in [0, 0.05) is 29.7 Å². The number of halogens is 1. The molecule has 0 spiro atoms. The fraction of sp³-hybridized carbons (Fsp3) is 0.500. The van der Waals surface area contributed by atoms with Crippen LogP contribution in [0.25, 0.3) is 11.1 Å². The van der Waals surface area contributed by atoms with Crippen LogP contribution >= 0.6 is 15.9 Å². The molecule has 14 heteroatoms. The molecule has 2 fully saturated rings. The Hall–Kier alpha value is -4.57. The Labute approximate surface area is 414 Å². The van der Waals surface area contributed by atoms with Crippen molar-refractivity contribution < 1.29 is 49.6 Å². The summed E-state index contributed by atoms with van der Waals surface area (Å²) >= 11 is 3.25. The van der Waals surface area contributed by atoms with Gasteiger partial charge >= 0.3 is 19.1 Å². The number of carboxylic acids is 2. The Morgan fingerprint density at radius 3 is 1.82 bits per heavy atom. The maximum Gasteiger partial charge on any atom is 0.488 e. The average Bonchev–Trinajstić information content (AvgIpc) is 3.25. The normalized spacial score (nSPS) is 17.7. The number of nitrogens with two attached hydrogens (primary N) is 1. The van der Waals surface area contributed by atoms with E-state index in [0.717, 1.165) is 70.0 Å². The first-order valence-electron chi connectivity index (χ1n) is 23.7. The zero-order chi connectivity index (χ0) is 51.0. The largest absolute Gasteiger partial charge is 0.508 e. The number of aromatic hydroxyl groups is 1. The van der Waals surface area contributed by atoms with E-state index < -0.39 is 19.1 Å². The maximum atomic E-state index is 10.7. The lowest BCUT2D eigenvalue weighted by molar-refractivity contribution is -0.137. The molecule has 68 heavy (non-hydrogen) atoms. The van der Waals surface area contributed by atoms with E-state index in [2.05, 4.69) is 112 Å². The number of aliphatic hydroxyl groups is 1. The highest BCUT2D eigenvalue weighted by Gasteiger charge is 2.31. The Morgan fingerprint density at radius 2 is 1.32 bits per heavy atom. The third kappa shape index (κ3) is 24.6. The van der Waals surface area contributed by atoms with Crippen LogP contribution in [0.4, 0.5) is 0 Å². The number of ether oxygens (including phenoxy) is 1. The minimum atomic E-state index is -1.50. The smallest absolute Gasteiger partial charge is 0.488 e. The first kappa shape index (κ1) is 59.6. The van der Waals surface area contributed by atoms with Crippen molar-refractivity contribution in [2.75, 3.05) is 13.1 Å². The number of phenols is 1. The summed E-state index contributed by atoms with van der Waals surface area (Å²) in [5, 5.41) is 55.4. The second-order valence-corrected chi connectivity index (χ2v) is 20.9. The minimum absolute atomic E-state index is 0.00593. The van der Waals surface area contributed by atoms with Gasteiger partial charge in [-0.3, -0.25) is 14.4 Å². The molecule has 0 atom stereocenters. The molecule has 2 aliphatic carbocycles. The first-order valence-corrected chi connectivity index (χ1v) is 24.5. The molecule has 0 amide bonds. The highest BCUT2D eigenvalue weighted by atomic mass is 79.9. The zero-order valence-corrected chi connectivity index (χ0v) is 43.1. The number of phenolic OH excluding ortho intramolecular Hbond substituents is 1. The Balaban J connectivity index is 0.000000348. The van der Waals surface area contributed by atoms with E-state index in [4.69, 9.17) is 35.8 Å². The van der Waals surface area contributed by atoms with Gasteiger partial charge in [-0.05, 0) is 158 Å². The molecule has 4 aromatic carbocycles. The summed E-state index contributed by atoms with van der Waals surface area (Å²) in [5.74, 6) is 1.26. The van der Waals surface area contributed by atoms with E-state index in [9.17, 15) is 19.5 Å². The zero-order valence-electron chi connectivity index (χ0n) is 41.5. The summed E-state index contributed by atoms with van der Waals surface area (Å²) in [4.78, 5) is 30.4. The van der Waals surface area contributed by atoms with E-state index in [-0.39, 0.29) is 25.5 Å². The van der Waals surface area contributed by atoms with Crippen LogP contribution in [0.5, 0.6) is 11.5 Å². The summed E-state index contributed by atoms with van der Waals surface area (Å²) in [6.07, 6.45) is 10.4. The number of nitrogens with one attached hydrogen (secondary N) is 1. The van der Waals surface area contributed by atoms with Gasteiger partial charge < -0.3 is 46.3 Å². The topological polar surface area (TPSA) is 220 Å². The quantitative estimate of drug-likeness (QED) is 0.0378. The van der Waals surface area contributed by atoms with E-state index in [0.29, 0.717) is 53.1 Å². The molecule has 0 aromatic heterocycles. The molecule has 2 aliphatic rings. The van der Waals surface area contributed by atoms with Gasteiger partial charge in [-0.1, -0.05) is 106 Å². The fourth-order valence-corrected chi connectivity index (χ4v) is 8.68.